The molecule has 1 aromatic heterocycles. The molecule has 7 heteroatoms. The van der Waals surface area contributed by atoms with E-state index in [0.717, 1.165) is 0 Å². The molecule has 0 radical (unpaired) electrons. The van der Waals surface area contributed by atoms with E-state index >= 15 is 0 Å². The van der Waals surface area contributed by atoms with Crippen molar-refractivity contribution in [2.45, 2.75) is 39.7 Å². The molecule has 118 valence electrons. The van der Waals surface area contributed by atoms with Gasteiger partial charge in [-0.1, -0.05) is 20.8 Å². The Morgan fingerprint density at radius 2 is 2.09 bits per heavy atom. The maximum atomic E-state index is 12.2. The van der Waals surface area contributed by atoms with E-state index in [0.29, 0.717) is 12.1 Å². The normalized spacial score (nSPS) is 20.8. The Kier molecular flexibility index (Phi) is 4.25. The lowest BCUT2D eigenvalue weighted by molar-refractivity contribution is -0.124. The van der Waals surface area contributed by atoms with E-state index in [1.54, 1.807) is 13.0 Å². The molecule has 2 heterocycles. The largest absolute Gasteiger partial charge is 0.465 e. The first-order chi connectivity index (χ1) is 10.3. The van der Waals surface area contributed by atoms with Gasteiger partial charge in [-0.3, -0.25) is 4.79 Å². The molecule has 1 aromatic rings. The third-order valence-electron chi connectivity index (χ3n) is 4.00. The van der Waals surface area contributed by atoms with Gasteiger partial charge in [-0.25, -0.2) is 9.79 Å². The molecule has 2 rings (SSSR count). The van der Waals surface area contributed by atoms with Crippen LogP contribution in [0.4, 0.5) is 0 Å². The quantitative estimate of drug-likeness (QED) is 0.841. The summed E-state index contributed by atoms with van der Waals surface area (Å²) in [6, 6.07) is 1.62. The molecular weight excluding hydrogens is 284 g/mol. The van der Waals surface area contributed by atoms with E-state index in [2.05, 4.69) is 20.5 Å². The molecule has 1 amide bonds. The molecule has 1 atom stereocenters. The molecule has 0 aliphatic carbocycles. The molecule has 0 spiro atoms. The summed E-state index contributed by atoms with van der Waals surface area (Å²) in [4.78, 5) is 28.6. The fraction of sp³-hybridized carbons (Fsp3) is 0.533. The average Bonchev–Trinajstić information content (AvgIpc) is 2.82. The number of aryl methyl sites for hydroxylation is 1. The zero-order chi connectivity index (χ0) is 16.5. The summed E-state index contributed by atoms with van der Waals surface area (Å²) in [7, 11) is 1.30. The molecule has 1 N–H and O–H groups in total. The Balaban J connectivity index is 2.54. The van der Waals surface area contributed by atoms with Crippen molar-refractivity contribution < 1.29 is 14.3 Å². The van der Waals surface area contributed by atoms with Crippen molar-refractivity contribution in [2.75, 3.05) is 7.11 Å². The number of hydrogen-bond donors (Lipinski definition) is 1. The number of nitrogens with zero attached hydrogens (tertiary/aromatic N) is 3. The Morgan fingerprint density at radius 1 is 1.41 bits per heavy atom. The molecule has 0 bridgehead atoms. The number of amides is 1. The van der Waals surface area contributed by atoms with E-state index in [-0.39, 0.29) is 28.9 Å². The lowest BCUT2D eigenvalue weighted by atomic mass is 9.89. The summed E-state index contributed by atoms with van der Waals surface area (Å²) in [5.74, 6) is -0.476. The predicted molar refractivity (Wildman–Crippen MR) is 80.7 cm³/mol. The third kappa shape index (κ3) is 2.58. The maximum Gasteiger partial charge on any atom is 0.340 e. The van der Waals surface area contributed by atoms with Crippen molar-refractivity contribution in [3.8, 4) is 0 Å². The van der Waals surface area contributed by atoms with Crippen LogP contribution in [0.3, 0.4) is 0 Å². The summed E-state index contributed by atoms with van der Waals surface area (Å²) in [6.45, 7) is 7.50. The maximum absolute atomic E-state index is 12.2. The van der Waals surface area contributed by atoms with Crippen LogP contribution < -0.4 is 5.32 Å². The Hall–Kier alpha value is -2.31. The molecular formula is C15H20N4O3. The minimum Gasteiger partial charge on any atom is -0.465 e. The molecule has 0 saturated carbocycles. The summed E-state index contributed by atoms with van der Waals surface area (Å²) in [5, 5.41) is 10.8. The van der Waals surface area contributed by atoms with Gasteiger partial charge in [0.25, 0.3) is 5.91 Å². The van der Waals surface area contributed by atoms with Crippen LogP contribution in [-0.2, 0) is 16.0 Å². The van der Waals surface area contributed by atoms with Crippen molar-refractivity contribution in [2.24, 2.45) is 10.9 Å². The van der Waals surface area contributed by atoms with Crippen LogP contribution >= 0.6 is 0 Å². The highest BCUT2D eigenvalue weighted by Crippen LogP contribution is 2.27. The highest BCUT2D eigenvalue weighted by atomic mass is 16.5. The second kappa shape index (κ2) is 5.82. The lowest BCUT2D eigenvalue weighted by Gasteiger charge is -2.21. The molecule has 0 fully saturated rings. The Bertz CT molecular complexity index is 654. The lowest BCUT2D eigenvalue weighted by Crippen LogP contribution is -2.41. The minimum atomic E-state index is -0.881. The van der Waals surface area contributed by atoms with Gasteiger partial charge in [-0.05, 0) is 25.3 Å². The van der Waals surface area contributed by atoms with Gasteiger partial charge in [-0.2, -0.15) is 5.10 Å². The van der Waals surface area contributed by atoms with Crippen molar-refractivity contribution >= 4 is 17.7 Å². The van der Waals surface area contributed by atoms with Crippen LogP contribution in [0.1, 0.15) is 49.4 Å². The standard InChI is InChI=1S/C15H20N4O3/c1-6-9-7-10(13(20)22-5)11(19-18-9)12-16-14(21)15(4,17-12)8(2)3/h7-8H,6H2,1-5H3,(H,16,17,21). The highest BCUT2D eigenvalue weighted by Gasteiger charge is 2.43. The van der Waals surface area contributed by atoms with Gasteiger partial charge < -0.3 is 10.1 Å². The van der Waals surface area contributed by atoms with Gasteiger partial charge in [0.2, 0.25) is 0 Å². The molecule has 1 unspecified atom stereocenters. The van der Waals surface area contributed by atoms with Crippen molar-refractivity contribution in [1.29, 1.82) is 0 Å². The SMILES string of the molecule is CCc1cc(C(=O)OC)c(C2=NC(C)(C(C)C)C(=O)N2)nn1. The van der Waals surface area contributed by atoms with E-state index < -0.39 is 11.5 Å². The van der Waals surface area contributed by atoms with Crippen LogP contribution in [0.15, 0.2) is 11.1 Å². The number of amidine groups is 1. The number of esters is 1. The third-order valence-corrected chi connectivity index (χ3v) is 4.00. The van der Waals surface area contributed by atoms with Gasteiger partial charge in [0, 0.05) is 0 Å². The average molecular weight is 304 g/mol. The van der Waals surface area contributed by atoms with E-state index in [9.17, 15) is 9.59 Å². The zero-order valence-corrected chi connectivity index (χ0v) is 13.4. The summed E-state index contributed by atoms with van der Waals surface area (Å²) in [5.41, 5.74) is 0.275. The summed E-state index contributed by atoms with van der Waals surface area (Å²) >= 11 is 0. The van der Waals surface area contributed by atoms with Crippen LogP contribution in [0.5, 0.6) is 0 Å². The molecule has 7 nitrogen and oxygen atoms in total. The number of aliphatic imine (C=N–C) groups is 1. The van der Waals surface area contributed by atoms with E-state index in [1.165, 1.54) is 7.11 Å². The summed E-state index contributed by atoms with van der Waals surface area (Å²) in [6.07, 6.45) is 0.639. The number of carbonyl (C=O) groups is 2. The number of hydrogen-bond acceptors (Lipinski definition) is 6. The molecule has 0 aromatic carbocycles. The number of methoxy groups -OCH3 is 1. The number of carbonyl (C=O) groups excluding carboxylic acids is 2. The van der Waals surface area contributed by atoms with Crippen LogP contribution in [0.2, 0.25) is 0 Å². The van der Waals surface area contributed by atoms with Gasteiger partial charge >= 0.3 is 5.97 Å². The van der Waals surface area contributed by atoms with E-state index in [1.807, 2.05) is 20.8 Å². The monoisotopic (exact) mass is 304 g/mol. The fourth-order valence-corrected chi connectivity index (χ4v) is 2.09. The molecule has 1 aliphatic heterocycles. The van der Waals surface area contributed by atoms with Crippen molar-refractivity contribution in [3.05, 3.63) is 23.0 Å². The first-order valence-corrected chi connectivity index (χ1v) is 7.20. The molecule has 1 aliphatic rings. The minimum absolute atomic E-state index is 0.00875. The van der Waals surface area contributed by atoms with Crippen LogP contribution in [0, 0.1) is 5.92 Å². The van der Waals surface area contributed by atoms with Gasteiger partial charge in [0.1, 0.15) is 11.2 Å². The number of rotatable bonds is 4. The van der Waals surface area contributed by atoms with Gasteiger partial charge in [-0.15, -0.1) is 5.10 Å². The van der Waals surface area contributed by atoms with Crippen molar-refractivity contribution in [1.82, 2.24) is 15.5 Å². The molecule has 0 saturated heterocycles. The fourth-order valence-electron chi connectivity index (χ4n) is 2.09. The Morgan fingerprint density at radius 3 is 2.59 bits per heavy atom. The zero-order valence-electron chi connectivity index (χ0n) is 13.4. The number of ether oxygens (including phenoxy) is 1. The first kappa shape index (κ1) is 16.1. The second-order valence-electron chi connectivity index (χ2n) is 5.66. The highest BCUT2D eigenvalue weighted by molar-refractivity contribution is 6.17. The predicted octanol–water partition coefficient (Wildman–Crippen LogP) is 1.12. The topological polar surface area (TPSA) is 93.5 Å². The van der Waals surface area contributed by atoms with E-state index in [4.69, 9.17) is 4.74 Å². The first-order valence-electron chi connectivity index (χ1n) is 7.20. The van der Waals surface area contributed by atoms with Gasteiger partial charge in [0.15, 0.2) is 5.84 Å². The Labute approximate surface area is 129 Å². The summed E-state index contributed by atoms with van der Waals surface area (Å²) < 4.78 is 4.79. The number of aromatic nitrogens is 2. The smallest absolute Gasteiger partial charge is 0.340 e. The second-order valence-corrected chi connectivity index (χ2v) is 5.66. The number of nitrogens with one attached hydrogen (secondary N) is 1. The van der Waals surface area contributed by atoms with Gasteiger partial charge in [0.05, 0.1) is 18.4 Å². The van der Waals surface area contributed by atoms with Crippen LogP contribution in [-0.4, -0.2) is 40.6 Å². The van der Waals surface area contributed by atoms with Crippen LogP contribution in [0.25, 0.3) is 0 Å². The van der Waals surface area contributed by atoms with Crippen molar-refractivity contribution in [3.63, 3.8) is 0 Å². The molecule has 22 heavy (non-hydrogen) atoms.